The summed E-state index contributed by atoms with van der Waals surface area (Å²) in [5.74, 6) is -2.22. The molecule has 4 rings (SSSR count). The average Bonchev–Trinajstić information content (AvgIpc) is 3.31. The number of hydrogen-bond donors (Lipinski definition) is 2. The van der Waals surface area contributed by atoms with Gasteiger partial charge < -0.3 is 10.1 Å². The molecule has 1 aromatic heterocycles. The van der Waals surface area contributed by atoms with Crippen molar-refractivity contribution in [2.75, 3.05) is 22.1 Å². The number of carbonyl (C=O) groups is 4. The van der Waals surface area contributed by atoms with Gasteiger partial charge in [0.15, 0.2) is 5.13 Å². The predicted molar refractivity (Wildman–Crippen MR) is 133 cm³/mol. The van der Waals surface area contributed by atoms with E-state index in [0.29, 0.717) is 21.9 Å². The Morgan fingerprint density at radius 3 is 2.54 bits per heavy atom. The first-order chi connectivity index (χ1) is 16.8. The molecule has 0 spiro atoms. The summed E-state index contributed by atoms with van der Waals surface area (Å²) in [7, 11) is 0. The van der Waals surface area contributed by atoms with E-state index in [2.05, 4.69) is 15.6 Å². The summed E-state index contributed by atoms with van der Waals surface area (Å²) in [6, 6.07) is 14.7. The lowest BCUT2D eigenvalue weighted by atomic mass is 10.2. The summed E-state index contributed by atoms with van der Waals surface area (Å²) in [5, 5.41) is 5.50. The summed E-state index contributed by atoms with van der Waals surface area (Å²) in [6.07, 6.45) is 0. The molecule has 2 heterocycles. The Bertz CT molecular complexity index is 1370. The number of imide groups is 1. The normalized spacial score (nSPS) is 13.3. The molecule has 11 heteroatoms. The van der Waals surface area contributed by atoms with Crippen molar-refractivity contribution >= 4 is 63.1 Å². The minimum atomic E-state index is -0.643. The SMILES string of the molecule is CCOC(=O)c1sc(NC(=O)c2cccc(NC3=C(Cl)C(=O)N(c4ccccc4)C3=O)c2)nc1C. The van der Waals surface area contributed by atoms with Crippen molar-refractivity contribution in [1.82, 2.24) is 4.98 Å². The van der Waals surface area contributed by atoms with Crippen molar-refractivity contribution in [3.8, 4) is 0 Å². The number of hydrogen-bond acceptors (Lipinski definition) is 8. The fourth-order valence-corrected chi connectivity index (χ4v) is 4.38. The maximum Gasteiger partial charge on any atom is 0.350 e. The zero-order valence-electron chi connectivity index (χ0n) is 18.6. The molecular formula is C24H19ClN4O5S. The van der Waals surface area contributed by atoms with E-state index in [4.69, 9.17) is 16.3 Å². The molecule has 0 radical (unpaired) electrons. The quantitative estimate of drug-likeness (QED) is 0.359. The molecule has 3 amide bonds. The minimum absolute atomic E-state index is 0.0901. The van der Waals surface area contributed by atoms with Crippen molar-refractivity contribution in [2.24, 2.45) is 0 Å². The average molecular weight is 511 g/mol. The third-order valence-corrected chi connectivity index (χ3v) is 6.32. The fourth-order valence-electron chi connectivity index (χ4n) is 3.31. The van der Waals surface area contributed by atoms with Crippen LogP contribution in [-0.4, -0.2) is 35.3 Å². The second-order valence-corrected chi connectivity index (χ2v) is 8.66. The second kappa shape index (κ2) is 10.1. The number of carbonyl (C=O) groups excluding carboxylic acids is 4. The van der Waals surface area contributed by atoms with Crippen LogP contribution in [0.15, 0.2) is 65.3 Å². The van der Waals surface area contributed by atoms with Crippen LogP contribution in [0.5, 0.6) is 0 Å². The number of amides is 3. The van der Waals surface area contributed by atoms with Crippen molar-refractivity contribution in [2.45, 2.75) is 13.8 Å². The molecule has 0 fully saturated rings. The lowest BCUT2D eigenvalue weighted by Gasteiger charge is -2.15. The Balaban J connectivity index is 1.50. The van der Waals surface area contributed by atoms with Crippen LogP contribution >= 0.6 is 22.9 Å². The van der Waals surface area contributed by atoms with Crippen LogP contribution in [-0.2, 0) is 14.3 Å². The molecule has 0 bridgehead atoms. The molecule has 9 nitrogen and oxygen atoms in total. The van der Waals surface area contributed by atoms with E-state index < -0.39 is 23.7 Å². The van der Waals surface area contributed by atoms with Gasteiger partial charge in [0, 0.05) is 11.3 Å². The Morgan fingerprint density at radius 1 is 1.09 bits per heavy atom. The molecule has 1 aliphatic rings. The van der Waals surface area contributed by atoms with Crippen molar-refractivity contribution in [3.05, 3.63) is 81.5 Å². The van der Waals surface area contributed by atoms with Crippen LogP contribution in [0, 0.1) is 6.92 Å². The highest BCUT2D eigenvalue weighted by atomic mass is 35.5. The predicted octanol–water partition coefficient (Wildman–Crippen LogP) is 4.32. The first-order valence-corrected chi connectivity index (χ1v) is 11.7. The van der Waals surface area contributed by atoms with Gasteiger partial charge in [0.2, 0.25) is 0 Å². The molecule has 178 valence electrons. The molecule has 0 aliphatic carbocycles. The topological polar surface area (TPSA) is 118 Å². The van der Waals surface area contributed by atoms with Gasteiger partial charge in [-0.25, -0.2) is 14.7 Å². The van der Waals surface area contributed by atoms with Gasteiger partial charge in [-0.05, 0) is 44.2 Å². The van der Waals surface area contributed by atoms with Crippen LogP contribution < -0.4 is 15.5 Å². The van der Waals surface area contributed by atoms with Crippen LogP contribution in [0.25, 0.3) is 0 Å². The number of benzene rings is 2. The van der Waals surface area contributed by atoms with E-state index in [1.54, 1.807) is 62.4 Å². The van der Waals surface area contributed by atoms with Gasteiger partial charge >= 0.3 is 5.97 Å². The lowest BCUT2D eigenvalue weighted by Crippen LogP contribution is -2.32. The zero-order valence-corrected chi connectivity index (χ0v) is 20.2. The van der Waals surface area contributed by atoms with Gasteiger partial charge in [-0.15, -0.1) is 0 Å². The summed E-state index contributed by atoms with van der Waals surface area (Å²) in [6.45, 7) is 3.59. The van der Waals surface area contributed by atoms with E-state index in [0.717, 1.165) is 16.2 Å². The van der Waals surface area contributed by atoms with E-state index >= 15 is 0 Å². The number of esters is 1. The second-order valence-electron chi connectivity index (χ2n) is 7.28. The summed E-state index contributed by atoms with van der Waals surface area (Å²) in [4.78, 5) is 55.8. The van der Waals surface area contributed by atoms with Gasteiger partial charge in [-0.1, -0.05) is 47.2 Å². The first kappa shape index (κ1) is 24.1. The number of thiazole rings is 1. The van der Waals surface area contributed by atoms with Gasteiger partial charge in [0.1, 0.15) is 15.6 Å². The molecule has 2 N–H and O–H groups in total. The van der Waals surface area contributed by atoms with Crippen LogP contribution in [0.1, 0.15) is 32.6 Å². The molecule has 0 saturated carbocycles. The van der Waals surface area contributed by atoms with E-state index in [-0.39, 0.29) is 28.0 Å². The van der Waals surface area contributed by atoms with Crippen molar-refractivity contribution in [1.29, 1.82) is 0 Å². The van der Waals surface area contributed by atoms with E-state index in [1.165, 1.54) is 6.07 Å². The number of anilines is 3. The van der Waals surface area contributed by atoms with Gasteiger partial charge in [0.25, 0.3) is 17.7 Å². The van der Waals surface area contributed by atoms with Crippen LogP contribution in [0.3, 0.4) is 0 Å². The number of rotatable bonds is 7. The third-order valence-electron chi connectivity index (χ3n) is 4.91. The molecular weight excluding hydrogens is 492 g/mol. The summed E-state index contributed by atoms with van der Waals surface area (Å²) < 4.78 is 4.99. The highest BCUT2D eigenvalue weighted by molar-refractivity contribution is 7.17. The van der Waals surface area contributed by atoms with Gasteiger partial charge in [-0.3, -0.25) is 19.7 Å². The standard InChI is InChI=1S/C24H19ClN4O5S/c1-3-34-23(33)19-13(2)26-24(35-19)28-20(30)14-8-7-9-15(12-14)27-18-17(25)21(31)29(22(18)32)16-10-5-4-6-11-16/h4-12,27H,3H2,1-2H3,(H,26,28,30). The summed E-state index contributed by atoms with van der Waals surface area (Å²) in [5.41, 5.74) is 1.39. The number of halogens is 1. The number of ether oxygens (including phenoxy) is 1. The fraction of sp³-hybridized carbons (Fsp3) is 0.125. The first-order valence-electron chi connectivity index (χ1n) is 10.5. The third kappa shape index (κ3) is 4.93. The smallest absolute Gasteiger partial charge is 0.350 e. The lowest BCUT2D eigenvalue weighted by molar-refractivity contribution is -0.120. The van der Waals surface area contributed by atoms with E-state index in [9.17, 15) is 19.2 Å². The molecule has 3 aromatic rings. The molecule has 35 heavy (non-hydrogen) atoms. The molecule has 0 unspecified atom stereocenters. The highest BCUT2D eigenvalue weighted by Crippen LogP contribution is 2.30. The van der Waals surface area contributed by atoms with Gasteiger partial charge in [0.05, 0.1) is 18.0 Å². The Morgan fingerprint density at radius 2 is 1.83 bits per heavy atom. The number of nitrogens with one attached hydrogen (secondary N) is 2. The molecule has 0 saturated heterocycles. The Labute approximate surface area is 209 Å². The maximum atomic E-state index is 12.9. The largest absolute Gasteiger partial charge is 0.462 e. The monoisotopic (exact) mass is 510 g/mol. The van der Waals surface area contributed by atoms with Crippen LogP contribution in [0.2, 0.25) is 0 Å². The number of aryl methyl sites for hydroxylation is 1. The van der Waals surface area contributed by atoms with E-state index in [1.807, 2.05) is 0 Å². The van der Waals surface area contributed by atoms with Crippen molar-refractivity contribution in [3.63, 3.8) is 0 Å². The van der Waals surface area contributed by atoms with Crippen LogP contribution in [0.4, 0.5) is 16.5 Å². The Hall–Kier alpha value is -4.02. The van der Waals surface area contributed by atoms with Gasteiger partial charge in [-0.2, -0.15) is 0 Å². The maximum absolute atomic E-state index is 12.9. The molecule has 1 aliphatic heterocycles. The summed E-state index contributed by atoms with van der Waals surface area (Å²) >= 11 is 7.19. The Kier molecular flexibility index (Phi) is 6.94. The number of aromatic nitrogens is 1. The molecule has 0 atom stereocenters. The highest BCUT2D eigenvalue weighted by Gasteiger charge is 2.38. The zero-order chi connectivity index (χ0) is 25.1. The molecule has 2 aromatic carbocycles. The number of para-hydroxylation sites is 1. The van der Waals surface area contributed by atoms with Crippen molar-refractivity contribution < 1.29 is 23.9 Å². The number of nitrogens with zero attached hydrogens (tertiary/aromatic N) is 2. The minimum Gasteiger partial charge on any atom is -0.462 e.